The lowest BCUT2D eigenvalue weighted by molar-refractivity contribution is -0.153. The molecule has 0 spiro atoms. The molecule has 2 aromatic rings. The maximum atomic E-state index is 12.5. The van der Waals surface area contributed by atoms with Crippen molar-refractivity contribution >= 4 is 28.8 Å². The van der Waals surface area contributed by atoms with Gasteiger partial charge in [0.05, 0.1) is 11.8 Å². The molecule has 1 saturated heterocycles. The standard InChI is InChI=1S/C21H21NO6/c1-12-6-7-14-13(9-18(23)28-17(14)8-12)11-27-19(24)10-22-20(25)15-4-2-3-5-16(15)21(22)26/h6-9,15-16H,2-5,10-11H2,1H3/t15-,16+. The summed E-state index contributed by atoms with van der Waals surface area (Å²) in [5.74, 6) is -1.80. The number of amides is 2. The van der Waals surface area contributed by atoms with Crippen LogP contribution in [0, 0.1) is 18.8 Å². The number of rotatable bonds is 4. The van der Waals surface area contributed by atoms with Crippen LogP contribution >= 0.6 is 0 Å². The number of ether oxygens (including phenoxy) is 1. The fourth-order valence-corrected chi connectivity index (χ4v) is 4.18. The van der Waals surface area contributed by atoms with E-state index in [0.29, 0.717) is 29.4 Å². The zero-order chi connectivity index (χ0) is 19.8. The topological polar surface area (TPSA) is 93.9 Å². The Hall–Kier alpha value is -2.96. The molecule has 28 heavy (non-hydrogen) atoms. The molecule has 2 fully saturated rings. The Labute approximate surface area is 161 Å². The van der Waals surface area contributed by atoms with E-state index in [1.807, 2.05) is 13.0 Å². The molecule has 2 heterocycles. The zero-order valence-corrected chi connectivity index (χ0v) is 15.6. The van der Waals surface area contributed by atoms with Gasteiger partial charge < -0.3 is 9.15 Å². The molecule has 2 aliphatic rings. The minimum absolute atomic E-state index is 0.132. The smallest absolute Gasteiger partial charge is 0.336 e. The van der Waals surface area contributed by atoms with Crippen molar-refractivity contribution in [1.29, 1.82) is 0 Å². The predicted molar refractivity (Wildman–Crippen MR) is 99.2 cm³/mol. The van der Waals surface area contributed by atoms with E-state index in [0.717, 1.165) is 23.3 Å². The van der Waals surface area contributed by atoms with Gasteiger partial charge in [0.1, 0.15) is 18.7 Å². The van der Waals surface area contributed by atoms with Crippen LogP contribution in [0.1, 0.15) is 36.8 Å². The number of benzene rings is 1. The van der Waals surface area contributed by atoms with Crippen LogP contribution in [0.15, 0.2) is 33.5 Å². The second-order valence-electron chi connectivity index (χ2n) is 7.51. The van der Waals surface area contributed by atoms with Crippen molar-refractivity contribution in [2.24, 2.45) is 11.8 Å². The highest BCUT2D eigenvalue weighted by molar-refractivity contribution is 6.07. The number of esters is 1. The summed E-state index contributed by atoms with van der Waals surface area (Å²) in [7, 11) is 0. The molecule has 1 aromatic heterocycles. The van der Waals surface area contributed by atoms with Crippen molar-refractivity contribution in [3.8, 4) is 0 Å². The summed E-state index contributed by atoms with van der Waals surface area (Å²) in [6.07, 6.45) is 3.27. The van der Waals surface area contributed by atoms with Gasteiger partial charge in [-0.25, -0.2) is 4.79 Å². The molecule has 1 aromatic carbocycles. The number of aryl methyl sites for hydroxylation is 1. The molecule has 0 bridgehead atoms. The molecule has 4 rings (SSSR count). The number of fused-ring (bicyclic) bond motifs is 2. The molecule has 0 N–H and O–H groups in total. The van der Waals surface area contributed by atoms with Gasteiger partial charge >= 0.3 is 11.6 Å². The highest BCUT2D eigenvalue weighted by Gasteiger charge is 2.48. The maximum Gasteiger partial charge on any atom is 0.336 e. The van der Waals surface area contributed by atoms with Crippen molar-refractivity contribution < 1.29 is 23.5 Å². The van der Waals surface area contributed by atoms with Gasteiger partial charge in [-0.1, -0.05) is 25.0 Å². The summed E-state index contributed by atoms with van der Waals surface area (Å²) in [5.41, 5.74) is 1.36. The minimum atomic E-state index is -0.672. The zero-order valence-electron chi connectivity index (χ0n) is 15.6. The lowest BCUT2D eigenvalue weighted by atomic mass is 9.81. The van der Waals surface area contributed by atoms with Gasteiger partial charge in [0, 0.05) is 17.0 Å². The van der Waals surface area contributed by atoms with Crippen LogP contribution < -0.4 is 5.63 Å². The average molecular weight is 383 g/mol. The Morgan fingerprint density at radius 3 is 2.46 bits per heavy atom. The lowest BCUT2D eigenvalue weighted by Crippen LogP contribution is -2.36. The van der Waals surface area contributed by atoms with Crippen LogP contribution in [0.3, 0.4) is 0 Å². The molecule has 2 atom stereocenters. The van der Waals surface area contributed by atoms with Gasteiger partial charge in [0.2, 0.25) is 11.8 Å². The number of imide groups is 1. The first-order valence-electron chi connectivity index (χ1n) is 9.48. The quantitative estimate of drug-likeness (QED) is 0.457. The van der Waals surface area contributed by atoms with E-state index in [-0.39, 0.29) is 36.8 Å². The first-order valence-corrected chi connectivity index (χ1v) is 9.48. The molecule has 146 valence electrons. The summed E-state index contributed by atoms with van der Waals surface area (Å²) >= 11 is 0. The molecule has 7 heteroatoms. The Morgan fingerprint density at radius 1 is 1.11 bits per heavy atom. The van der Waals surface area contributed by atoms with Gasteiger partial charge in [0.25, 0.3) is 0 Å². The fraction of sp³-hybridized carbons (Fsp3) is 0.429. The summed E-state index contributed by atoms with van der Waals surface area (Å²) < 4.78 is 10.5. The van der Waals surface area contributed by atoms with Crippen molar-refractivity contribution in [3.63, 3.8) is 0 Å². The molecule has 1 saturated carbocycles. The molecule has 1 aliphatic heterocycles. The number of nitrogens with zero attached hydrogens (tertiary/aromatic N) is 1. The van der Waals surface area contributed by atoms with Crippen LogP contribution in [0.25, 0.3) is 11.0 Å². The van der Waals surface area contributed by atoms with Gasteiger partial charge in [-0.2, -0.15) is 0 Å². The fourth-order valence-electron chi connectivity index (χ4n) is 4.18. The number of carbonyl (C=O) groups excluding carboxylic acids is 3. The SMILES string of the molecule is Cc1ccc2c(COC(=O)CN3C(=O)[C@H]4CCCC[C@H]4C3=O)cc(=O)oc2c1. The summed E-state index contributed by atoms with van der Waals surface area (Å²) in [6, 6.07) is 6.70. The van der Waals surface area contributed by atoms with Crippen LogP contribution in [0.4, 0.5) is 0 Å². The van der Waals surface area contributed by atoms with E-state index >= 15 is 0 Å². The van der Waals surface area contributed by atoms with Crippen molar-refractivity contribution in [2.75, 3.05) is 6.54 Å². The Balaban J connectivity index is 1.45. The molecule has 1 aliphatic carbocycles. The Bertz CT molecular complexity index is 999. The number of hydrogen-bond acceptors (Lipinski definition) is 6. The molecule has 2 amide bonds. The third-order valence-corrected chi connectivity index (χ3v) is 5.59. The number of carbonyl (C=O) groups is 3. The van der Waals surface area contributed by atoms with Crippen LogP contribution in [-0.4, -0.2) is 29.2 Å². The third kappa shape index (κ3) is 3.32. The molecule has 7 nitrogen and oxygen atoms in total. The van der Waals surface area contributed by atoms with E-state index in [1.54, 1.807) is 12.1 Å². The summed E-state index contributed by atoms with van der Waals surface area (Å²) in [5, 5.41) is 0.678. The van der Waals surface area contributed by atoms with Crippen molar-refractivity contribution in [2.45, 2.75) is 39.2 Å². The van der Waals surface area contributed by atoms with E-state index in [4.69, 9.17) is 9.15 Å². The maximum absolute atomic E-state index is 12.5. The van der Waals surface area contributed by atoms with E-state index in [1.165, 1.54) is 6.07 Å². The average Bonchev–Trinajstić information content (AvgIpc) is 2.91. The third-order valence-electron chi connectivity index (χ3n) is 5.59. The highest BCUT2D eigenvalue weighted by atomic mass is 16.5. The van der Waals surface area contributed by atoms with E-state index < -0.39 is 11.6 Å². The molecule has 0 unspecified atom stereocenters. The van der Waals surface area contributed by atoms with Crippen molar-refractivity contribution in [1.82, 2.24) is 4.90 Å². The number of likely N-dealkylation sites (tertiary alicyclic amines) is 1. The van der Waals surface area contributed by atoms with Gasteiger partial charge in [-0.3, -0.25) is 19.3 Å². The van der Waals surface area contributed by atoms with Crippen LogP contribution in [-0.2, 0) is 25.7 Å². The molecular formula is C21H21NO6. The number of hydrogen-bond donors (Lipinski definition) is 0. The Morgan fingerprint density at radius 2 is 1.79 bits per heavy atom. The second-order valence-corrected chi connectivity index (χ2v) is 7.51. The monoisotopic (exact) mass is 383 g/mol. The molecule has 0 radical (unpaired) electrons. The minimum Gasteiger partial charge on any atom is -0.459 e. The normalized spacial score (nSPS) is 21.8. The largest absolute Gasteiger partial charge is 0.459 e. The summed E-state index contributed by atoms with van der Waals surface area (Å²) in [4.78, 5) is 50.0. The van der Waals surface area contributed by atoms with Gasteiger partial charge in [0.15, 0.2) is 0 Å². The first kappa shape index (κ1) is 18.4. The predicted octanol–water partition coefficient (Wildman–Crippen LogP) is 2.32. The van der Waals surface area contributed by atoms with Crippen LogP contribution in [0.2, 0.25) is 0 Å². The van der Waals surface area contributed by atoms with E-state index in [9.17, 15) is 19.2 Å². The lowest BCUT2D eigenvalue weighted by Gasteiger charge is -2.19. The van der Waals surface area contributed by atoms with Gasteiger partial charge in [-0.05, 0) is 31.4 Å². The second kappa shape index (κ2) is 7.22. The first-order chi connectivity index (χ1) is 13.4. The summed E-state index contributed by atoms with van der Waals surface area (Å²) in [6.45, 7) is 1.37. The molecular weight excluding hydrogens is 362 g/mol. The van der Waals surface area contributed by atoms with Gasteiger partial charge in [-0.15, -0.1) is 0 Å². The Kier molecular flexibility index (Phi) is 4.75. The van der Waals surface area contributed by atoms with Crippen LogP contribution in [0.5, 0.6) is 0 Å². The van der Waals surface area contributed by atoms with E-state index in [2.05, 4.69) is 0 Å². The highest BCUT2D eigenvalue weighted by Crippen LogP contribution is 2.37. The van der Waals surface area contributed by atoms with Crippen molar-refractivity contribution in [3.05, 3.63) is 45.8 Å².